The molecule has 0 saturated heterocycles. The molecule has 3 unspecified atom stereocenters. The van der Waals surface area contributed by atoms with Gasteiger partial charge in [-0.25, -0.2) is 4.39 Å². The van der Waals surface area contributed by atoms with Gasteiger partial charge in [-0.15, -0.1) is 0 Å². The van der Waals surface area contributed by atoms with E-state index in [1.807, 2.05) is 13.0 Å². The second kappa shape index (κ2) is 7.72. The van der Waals surface area contributed by atoms with Gasteiger partial charge in [0.15, 0.2) is 0 Å². The fraction of sp³-hybridized carbons (Fsp3) is 0.625. The molecular formula is C16H24FNO2. The summed E-state index contributed by atoms with van der Waals surface area (Å²) in [5.74, 6) is -0.208. The Morgan fingerprint density at radius 2 is 2.05 bits per heavy atom. The smallest absolute Gasteiger partial charge is 0.128 e. The quantitative estimate of drug-likeness (QED) is 0.795. The van der Waals surface area contributed by atoms with Crippen molar-refractivity contribution >= 4 is 0 Å². The molecule has 3 nitrogen and oxygen atoms in total. The Bertz CT molecular complexity index is 413. The fourth-order valence-corrected chi connectivity index (χ4v) is 2.50. The molecule has 0 heterocycles. The summed E-state index contributed by atoms with van der Waals surface area (Å²) in [5, 5.41) is 3.46. The van der Waals surface area contributed by atoms with Crippen LogP contribution in [0, 0.1) is 5.82 Å². The van der Waals surface area contributed by atoms with Crippen LogP contribution in [0.3, 0.4) is 0 Å². The van der Waals surface area contributed by atoms with Gasteiger partial charge in [0.05, 0.1) is 18.8 Å². The average Bonchev–Trinajstić information content (AvgIpc) is 2.45. The third-order valence-corrected chi connectivity index (χ3v) is 3.68. The maximum atomic E-state index is 13.5. The molecule has 0 amide bonds. The molecule has 4 heteroatoms. The van der Waals surface area contributed by atoms with Crippen molar-refractivity contribution in [3.8, 4) is 0 Å². The number of halogens is 1. The van der Waals surface area contributed by atoms with Gasteiger partial charge in [0.1, 0.15) is 5.82 Å². The monoisotopic (exact) mass is 281 g/mol. The molecule has 0 aliphatic heterocycles. The van der Waals surface area contributed by atoms with Crippen molar-refractivity contribution < 1.29 is 13.9 Å². The van der Waals surface area contributed by atoms with E-state index in [0.29, 0.717) is 24.8 Å². The molecule has 1 aromatic rings. The lowest BCUT2D eigenvalue weighted by Crippen LogP contribution is -2.60. The SMILES string of the molecule is CCCNC1CC(OCc2ccccc2F)C1OCC. The molecule has 0 bridgehead atoms. The van der Waals surface area contributed by atoms with Crippen molar-refractivity contribution in [1.29, 1.82) is 0 Å². The van der Waals surface area contributed by atoms with Crippen LogP contribution in [0.1, 0.15) is 32.3 Å². The van der Waals surface area contributed by atoms with Crippen LogP contribution >= 0.6 is 0 Å². The Labute approximate surface area is 120 Å². The lowest BCUT2D eigenvalue weighted by atomic mass is 9.85. The second-order valence-corrected chi connectivity index (χ2v) is 5.16. The highest BCUT2D eigenvalue weighted by Crippen LogP contribution is 2.28. The molecule has 1 aliphatic carbocycles. The van der Waals surface area contributed by atoms with E-state index in [9.17, 15) is 4.39 Å². The molecule has 20 heavy (non-hydrogen) atoms. The van der Waals surface area contributed by atoms with E-state index in [2.05, 4.69) is 12.2 Å². The van der Waals surface area contributed by atoms with E-state index >= 15 is 0 Å². The van der Waals surface area contributed by atoms with Crippen molar-refractivity contribution in [3.63, 3.8) is 0 Å². The van der Waals surface area contributed by atoms with Crippen LogP contribution in [0.4, 0.5) is 4.39 Å². The Hall–Kier alpha value is -0.970. The molecule has 3 atom stereocenters. The maximum Gasteiger partial charge on any atom is 0.128 e. The zero-order chi connectivity index (χ0) is 14.4. The molecule has 1 fully saturated rings. The Morgan fingerprint density at radius 1 is 1.25 bits per heavy atom. The molecule has 1 aliphatic rings. The van der Waals surface area contributed by atoms with Gasteiger partial charge in [-0.05, 0) is 32.4 Å². The summed E-state index contributed by atoms with van der Waals surface area (Å²) < 4.78 is 25.1. The number of ether oxygens (including phenoxy) is 2. The van der Waals surface area contributed by atoms with Crippen molar-refractivity contribution in [2.75, 3.05) is 13.2 Å². The van der Waals surface area contributed by atoms with Crippen LogP contribution in [0.25, 0.3) is 0 Å². The lowest BCUT2D eigenvalue weighted by Gasteiger charge is -2.44. The number of hydrogen-bond acceptors (Lipinski definition) is 3. The zero-order valence-corrected chi connectivity index (χ0v) is 12.3. The first-order valence-corrected chi connectivity index (χ1v) is 7.46. The van der Waals surface area contributed by atoms with Gasteiger partial charge in [-0.3, -0.25) is 0 Å². The van der Waals surface area contributed by atoms with Crippen LogP contribution in [0.5, 0.6) is 0 Å². The molecular weight excluding hydrogens is 257 g/mol. The normalized spacial score (nSPS) is 25.4. The third-order valence-electron chi connectivity index (χ3n) is 3.68. The Kier molecular flexibility index (Phi) is 5.95. The first kappa shape index (κ1) is 15.4. The molecule has 0 aromatic heterocycles. The summed E-state index contributed by atoms with van der Waals surface area (Å²) in [5.41, 5.74) is 0.604. The van der Waals surface area contributed by atoms with E-state index in [1.54, 1.807) is 12.1 Å². The first-order valence-electron chi connectivity index (χ1n) is 7.46. The third kappa shape index (κ3) is 3.78. The Balaban J connectivity index is 1.82. The van der Waals surface area contributed by atoms with Gasteiger partial charge >= 0.3 is 0 Å². The summed E-state index contributed by atoms with van der Waals surface area (Å²) in [6.45, 7) is 6.11. The molecule has 1 aromatic carbocycles. The predicted octanol–water partition coefficient (Wildman–Crippen LogP) is 2.89. The number of rotatable bonds is 8. The first-order chi connectivity index (χ1) is 9.76. The summed E-state index contributed by atoms with van der Waals surface area (Å²) in [6, 6.07) is 7.10. The molecule has 2 rings (SSSR count). The molecule has 0 spiro atoms. The van der Waals surface area contributed by atoms with Crippen molar-refractivity contribution in [3.05, 3.63) is 35.6 Å². The van der Waals surface area contributed by atoms with E-state index < -0.39 is 0 Å². The highest BCUT2D eigenvalue weighted by molar-refractivity contribution is 5.16. The van der Waals surface area contributed by atoms with Gasteiger partial charge in [0.2, 0.25) is 0 Å². The largest absolute Gasteiger partial charge is 0.374 e. The van der Waals surface area contributed by atoms with E-state index in [1.165, 1.54) is 6.07 Å². The van der Waals surface area contributed by atoms with Crippen LogP contribution in [0.15, 0.2) is 24.3 Å². The summed E-state index contributed by atoms with van der Waals surface area (Å²) in [7, 11) is 0. The fourth-order valence-electron chi connectivity index (χ4n) is 2.50. The topological polar surface area (TPSA) is 30.5 Å². The number of nitrogens with one attached hydrogen (secondary N) is 1. The molecule has 0 radical (unpaired) electrons. The van der Waals surface area contributed by atoms with Crippen molar-refractivity contribution in [2.24, 2.45) is 0 Å². The lowest BCUT2D eigenvalue weighted by molar-refractivity contribution is -0.150. The average molecular weight is 281 g/mol. The minimum absolute atomic E-state index is 0.0592. The molecule has 1 saturated carbocycles. The highest BCUT2D eigenvalue weighted by Gasteiger charge is 2.42. The van der Waals surface area contributed by atoms with Crippen LogP contribution in [-0.4, -0.2) is 31.4 Å². The van der Waals surface area contributed by atoms with Gasteiger partial charge in [0.25, 0.3) is 0 Å². The van der Waals surface area contributed by atoms with E-state index in [4.69, 9.17) is 9.47 Å². The van der Waals surface area contributed by atoms with Crippen LogP contribution in [-0.2, 0) is 16.1 Å². The minimum Gasteiger partial charge on any atom is -0.374 e. The van der Waals surface area contributed by atoms with Gasteiger partial charge in [-0.1, -0.05) is 25.1 Å². The van der Waals surface area contributed by atoms with Crippen LogP contribution < -0.4 is 5.32 Å². The highest BCUT2D eigenvalue weighted by atomic mass is 19.1. The second-order valence-electron chi connectivity index (χ2n) is 5.16. The van der Waals surface area contributed by atoms with Gasteiger partial charge in [0, 0.05) is 18.2 Å². The molecule has 1 N–H and O–H groups in total. The van der Waals surface area contributed by atoms with Crippen molar-refractivity contribution in [2.45, 2.75) is 51.5 Å². The van der Waals surface area contributed by atoms with Gasteiger partial charge in [-0.2, -0.15) is 0 Å². The minimum atomic E-state index is -0.208. The number of benzene rings is 1. The van der Waals surface area contributed by atoms with Gasteiger partial charge < -0.3 is 14.8 Å². The summed E-state index contributed by atoms with van der Waals surface area (Å²) in [6.07, 6.45) is 2.18. The standard InChI is InChI=1S/C16H24FNO2/c1-3-9-18-14-10-15(16(14)19-4-2)20-11-12-7-5-6-8-13(12)17/h5-8,14-16,18H,3-4,9-11H2,1-2H3. The maximum absolute atomic E-state index is 13.5. The zero-order valence-electron chi connectivity index (χ0n) is 12.3. The Morgan fingerprint density at radius 3 is 2.75 bits per heavy atom. The van der Waals surface area contributed by atoms with E-state index in [0.717, 1.165) is 19.4 Å². The summed E-state index contributed by atoms with van der Waals surface area (Å²) in [4.78, 5) is 0. The molecule has 112 valence electrons. The summed E-state index contributed by atoms with van der Waals surface area (Å²) >= 11 is 0. The number of hydrogen-bond donors (Lipinski definition) is 1. The van der Waals surface area contributed by atoms with E-state index in [-0.39, 0.29) is 18.0 Å². The predicted molar refractivity (Wildman–Crippen MR) is 77.1 cm³/mol. The van der Waals surface area contributed by atoms with Crippen molar-refractivity contribution in [1.82, 2.24) is 5.32 Å². The van der Waals surface area contributed by atoms with Crippen LogP contribution in [0.2, 0.25) is 0 Å².